The van der Waals surface area contributed by atoms with Gasteiger partial charge in [0.15, 0.2) is 13.1 Å². The Morgan fingerprint density at radius 3 is 2.56 bits per heavy atom. The summed E-state index contributed by atoms with van der Waals surface area (Å²) >= 11 is 1.86. The topological polar surface area (TPSA) is 12.2 Å². The molecule has 0 saturated carbocycles. The van der Waals surface area contributed by atoms with Crippen LogP contribution in [0.1, 0.15) is 5.56 Å². The van der Waals surface area contributed by atoms with Gasteiger partial charge in [0.2, 0.25) is 5.04 Å². The van der Waals surface area contributed by atoms with Crippen molar-refractivity contribution < 1.29 is 9.31 Å². The number of benzene rings is 1. The monoisotopic (exact) mass is 236 g/mol. The summed E-state index contributed by atoms with van der Waals surface area (Å²) in [5.74, 6) is 0. The van der Waals surface area contributed by atoms with Crippen LogP contribution in [0, 0.1) is 0 Å². The molecule has 2 nitrogen and oxygen atoms in total. The quantitative estimate of drug-likeness (QED) is 0.575. The molecular formula is C13H18NOS+. The third-order valence-electron chi connectivity index (χ3n) is 2.80. The van der Waals surface area contributed by atoms with Crippen LogP contribution in [0.4, 0.5) is 0 Å². The van der Waals surface area contributed by atoms with E-state index in [-0.39, 0.29) is 0 Å². The molecule has 1 fully saturated rings. The summed E-state index contributed by atoms with van der Waals surface area (Å²) in [6.45, 7) is 3.78. The molecule has 0 amide bonds. The van der Waals surface area contributed by atoms with Crippen LogP contribution in [0.25, 0.3) is 0 Å². The molecule has 0 aliphatic carbocycles. The lowest BCUT2D eigenvalue weighted by Gasteiger charge is -2.14. The summed E-state index contributed by atoms with van der Waals surface area (Å²) in [4.78, 5) is 0. The molecule has 0 spiro atoms. The maximum absolute atomic E-state index is 5.38. The summed E-state index contributed by atoms with van der Waals surface area (Å²) in [6, 6.07) is 10.7. The van der Waals surface area contributed by atoms with E-state index >= 15 is 0 Å². The fourth-order valence-corrected chi connectivity index (χ4v) is 2.65. The molecule has 1 aliphatic heterocycles. The SMILES string of the molecule is CSC(Cc1ccccc1)=[N+]1CCOCC1. The van der Waals surface area contributed by atoms with Gasteiger partial charge in [-0.2, -0.15) is 0 Å². The Kier molecular flexibility index (Phi) is 4.43. The number of hydrogen-bond donors (Lipinski definition) is 0. The molecule has 3 heteroatoms. The second-order valence-corrected chi connectivity index (χ2v) is 4.74. The second kappa shape index (κ2) is 6.06. The van der Waals surface area contributed by atoms with Gasteiger partial charge >= 0.3 is 0 Å². The summed E-state index contributed by atoms with van der Waals surface area (Å²) in [7, 11) is 0. The number of morpholine rings is 1. The Balaban J connectivity index is 2.10. The lowest BCUT2D eigenvalue weighted by Crippen LogP contribution is -2.33. The third-order valence-corrected chi connectivity index (χ3v) is 3.67. The molecule has 0 unspecified atom stereocenters. The molecule has 2 rings (SSSR count). The number of nitrogens with zero attached hydrogens (tertiary/aromatic N) is 1. The van der Waals surface area contributed by atoms with E-state index in [1.165, 1.54) is 10.6 Å². The minimum Gasteiger partial charge on any atom is -0.368 e. The van der Waals surface area contributed by atoms with Crippen molar-refractivity contribution in [1.82, 2.24) is 0 Å². The van der Waals surface area contributed by atoms with Crippen LogP contribution in [0.15, 0.2) is 30.3 Å². The molecule has 1 heterocycles. The van der Waals surface area contributed by atoms with E-state index in [1.54, 1.807) is 0 Å². The van der Waals surface area contributed by atoms with Gasteiger partial charge in [-0.05, 0) is 11.8 Å². The van der Waals surface area contributed by atoms with Gasteiger partial charge in [-0.1, -0.05) is 42.1 Å². The summed E-state index contributed by atoms with van der Waals surface area (Å²) < 4.78 is 7.83. The molecule has 16 heavy (non-hydrogen) atoms. The van der Waals surface area contributed by atoms with Gasteiger partial charge in [0.25, 0.3) is 0 Å². The van der Waals surface area contributed by atoms with Gasteiger partial charge in [0.1, 0.15) is 13.2 Å². The molecule has 86 valence electrons. The summed E-state index contributed by atoms with van der Waals surface area (Å²) in [6.07, 6.45) is 3.20. The minimum absolute atomic E-state index is 0.860. The molecule has 0 N–H and O–H groups in total. The van der Waals surface area contributed by atoms with E-state index in [2.05, 4.69) is 41.2 Å². The molecule has 1 aromatic carbocycles. The van der Waals surface area contributed by atoms with Gasteiger partial charge in [-0.15, -0.1) is 0 Å². The Hall–Kier alpha value is -0.800. The highest BCUT2D eigenvalue weighted by Gasteiger charge is 2.17. The van der Waals surface area contributed by atoms with E-state index in [4.69, 9.17) is 4.74 Å². The van der Waals surface area contributed by atoms with Crippen LogP contribution in [-0.4, -0.2) is 42.2 Å². The van der Waals surface area contributed by atoms with Crippen molar-refractivity contribution >= 4 is 16.8 Å². The highest BCUT2D eigenvalue weighted by atomic mass is 32.2. The molecule has 0 radical (unpaired) electrons. The molecule has 1 saturated heterocycles. The van der Waals surface area contributed by atoms with Gasteiger partial charge in [-0.25, -0.2) is 4.58 Å². The predicted molar refractivity (Wildman–Crippen MR) is 69.5 cm³/mol. The minimum atomic E-state index is 0.860. The van der Waals surface area contributed by atoms with Crippen molar-refractivity contribution in [2.24, 2.45) is 0 Å². The van der Waals surface area contributed by atoms with Crippen LogP contribution >= 0.6 is 11.8 Å². The van der Waals surface area contributed by atoms with Crippen molar-refractivity contribution in [2.45, 2.75) is 6.42 Å². The molecular weight excluding hydrogens is 218 g/mol. The maximum Gasteiger partial charge on any atom is 0.214 e. The largest absolute Gasteiger partial charge is 0.368 e. The van der Waals surface area contributed by atoms with Crippen molar-refractivity contribution in [1.29, 1.82) is 0 Å². The van der Waals surface area contributed by atoms with Crippen molar-refractivity contribution in [3.63, 3.8) is 0 Å². The highest BCUT2D eigenvalue weighted by molar-refractivity contribution is 8.13. The second-order valence-electron chi connectivity index (χ2n) is 3.86. The smallest absolute Gasteiger partial charge is 0.214 e. The molecule has 1 aromatic rings. The fraction of sp³-hybridized carbons (Fsp3) is 0.462. The lowest BCUT2D eigenvalue weighted by atomic mass is 10.2. The fourth-order valence-electron chi connectivity index (χ4n) is 1.90. The van der Waals surface area contributed by atoms with Gasteiger partial charge in [0.05, 0.1) is 6.42 Å². The molecule has 0 atom stereocenters. The van der Waals surface area contributed by atoms with Crippen LogP contribution in [-0.2, 0) is 11.2 Å². The van der Waals surface area contributed by atoms with E-state index in [9.17, 15) is 0 Å². The average Bonchev–Trinajstić information content (AvgIpc) is 2.38. The first-order valence-electron chi connectivity index (χ1n) is 5.66. The summed E-state index contributed by atoms with van der Waals surface area (Å²) in [5.41, 5.74) is 1.39. The lowest BCUT2D eigenvalue weighted by molar-refractivity contribution is -0.547. The Labute approximate surface area is 101 Å². The van der Waals surface area contributed by atoms with Crippen LogP contribution in [0.5, 0.6) is 0 Å². The van der Waals surface area contributed by atoms with E-state index < -0.39 is 0 Å². The van der Waals surface area contributed by atoms with E-state index in [0.717, 1.165) is 32.7 Å². The molecule has 1 aliphatic rings. The Morgan fingerprint density at radius 1 is 1.25 bits per heavy atom. The number of ether oxygens (including phenoxy) is 1. The van der Waals surface area contributed by atoms with Gasteiger partial charge in [-0.3, -0.25) is 0 Å². The first-order chi connectivity index (χ1) is 7.90. The Morgan fingerprint density at radius 2 is 1.94 bits per heavy atom. The molecule has 0 aromatic heterocycles. The van der Waals surface area contributed by atoms with Crippen LogP contribution in [0.3, 0.4) is 0 Å². The standard InChI is InChI=1S/C13H18NOS/c1-16-13(14-7-9-15-10-8-14)11-12-5-3-2-4-6-12/h2-6H,7-11H2,1H3/q+1. The van der Waals surface area contributed by atoms with E-state index in [1.807, 2.05) is 11.8 Å². The Bertz CT molecular complexity index is 353. The number of thioether (sulfide) groups is 1. The zero-order chi connectivity index (χ0) is 11.2. The van der Waals surface area contributed by atoms with Gasteiger partial charge < -0.3 is 4.74 Å². The zero-order valence-electron chi connectivity index (χ0n) is 9.69. The highest BCUT2D eigenvalue weighted by Crippen LogP contribution is 2.09. The van der Waals surface area contributed by atoms with Crippen LogP contribution in [0.2, 0.25) is 0 Å². The predicted octanol–water partition coefficient (Wildman–Crippen LogP) is 2.03. The van der Waals surface area contributed by atoms with Crippen LogP contribution < -0.4 is 0 Å². The zero-order valence-corrected chi connectivity index (χ0v) is 10.5. The number of hydrogen-bond acceptors (Lipinski definition) is 2. The van der Waals surface area contributed by atoms with E-state index in [0.29, 0.717) is 0 Å². The first-order valence-corrected chi connectivity index (χ1v) is 6.89. The average molecular weight is 236 g/mol. The normalized spacial score (nSPS) is 16.2. The number of rotatable bonds is 2. The first kappa shape index (κ1) is 11.7. The van der Waals surface area contributed by atoms with Crippen molar-refractivity contribution in [3.05, 3.63) is 35.9 Å². The van der Waals surface area contributed by atoms with Gasteiger partial charge in [0, 0.05) is 0 Å². The molecule has 0 bridgehead atoms. The summed E-state index contributed by atoms with van der Waals surface area (Å²) in [5, 5.41) is 1.45. The third kappa shape index (κ3) is 3.09. The van der Waals surface area contributed by atoms with Crippen molar-refractivity contribution in [2.75, 3.05) is 32.6 Å². The van der Waals surface area contributed by atoms with Crippen molar-refractivity contribution in [3.8, 4) is 0 Å². The maximum atomic E-state index is 5.38.